The zero-order valence-electron chi connectivity index (χ0n) is 22.3. The van der Waals surface area contributed by atoms with Crippen molar-refractivity contribution in [1.82, 2.24) is 0 Å². The Labute approximate surface area is 206 Å². The topological polar surface area (TPSA) is 52.6 Å². The van der Waals surface area contributed by atoms with Gasteiger partial charge in [0, 0.05) is 12.8 Å². The summed E-state index contributed by atoms with van der Waals surface area (Å²) in [6, 6.07) is 0. The van der Waals surface area contributed by atoms with Crippen LogP contribution in [0.3, 0.4) is 0 Å². The molecular formula is C29H56O4. The first-order valence-electron chi connectivity index (χ1n) is 14.5. The Kier molecular flexibility index (Phi) is 26.3. The van der Waals surface area contributed by atoms with Crippen LogP contribution in [0.1, 0.15) is 162 Å². The van der Waals surface area contributed by atoms with Crippen molar-refractivity contribution in [3.63, 3.8) is 0 Å². The molecule has 0 aromatic rings. The Morgan fingerprint density at radius 2 is 0.667 bits per heavy atom. The third-order valence-electron chi connectivity index (χ3n) is 6.28. The summed E-state index contributed by atoms with van der Waals surface area (Å²) < 4.78 is 10.6. The molecule has 0 radical (unpaired) electrons. The number of carbonyl (C=O) groups excluding carboxylic acids is 2. The van der Waals surface area contributed by atoms with E-state index in [0.29, 0.717) is 26.1 Å². The van der Waals surface area contributed by atoms with Gasteiger partial charge >= 0.3 is 11.9 Å². The van der Waals surface area contributed by atoms with E-state index in [1.807, 2.05) is 0 Å². The predicted molar refractivity (Wildman–Crippen MR) is 139 cm³/mol. The highest BCUT2D eigenvalue weighted by Crippen LogP contribution is 2.12. The number of esters is 2. The second kappa shape index (κ2) is 27.2. The summed E-state index contributed by atoms with van der Waals surface area (Å²) in [7, 11) is 0. The highest BCUT2D eigenvalue weighted by molar-refractivity contribution is 5.69. The number of hydrogen-bond acceptors (Lipinski definition) is 4. The van der Waals surface area contributed by atoms with Crippen molar-refractivity contribution in [2.24, 2.45) is 0 Å². The number of ether oxygens (including phenoxy) is 2. The number of carbonyl (C=O) groups is 2. The molecular weight excluding hydrogens is 412 g/mol. The molecule has 0 saturated carbocycles. The molecule has 33 heavy (non-hydrogen) atoms. The molecule has 0 spiro atoms. The maximum absolute atomic E-state index is 11.7. The largest absolute Gasteiger partial charge is 0.466 e. The quantitative estimate of drug-likeness (QED) is 0.0938. The summed E-state index contributed by atoms with van der Waals surface area (Å²) in [4.78, 5) is 23.5. The molecule has 0 aliphatic carbocycles. The summed E-state index contributed by atoms with van der Waals surface area (Å²) in [5.74, 6) is -0.0388. The highest BCUT2D eigenvalue weighted by atomic mass is 16.5. The Bertz CT molecular complexity index is 384. The summed E-state index contributed by atoms with van der Waals surface area (Å²) in [5, 5.41) is 0. The smallest absolute Gasteiger partial charge is 0.305 e. The van der Waals surface area contributed by atoms with Crippen molar-refractivity contribution < 1.29 is 19.1 Å². The lowest BCUT2D eigenvalue weighted by molar-refractivity contribution is -0.144. The van der Waals surface area contributed by atoms with Crippen molar-refractivity contribution >= 4 is 11.9 Å². The van der Waals surface area contributed by atoms with E-state index in [1.54, 1.807) is 0 Å². The van der Waals surface area contributed by atoms with Crippen molar-refractivity contribution in [3.8, 4) is 0 Å². The second-order valence-electron chi connectivity index (χ2n) is 9.66. The van der Waals surface area contributed by atoms with Crippen LogP contribution < -0.4 is 0 Å². The van der Waals surface area contributed by atoms with Crippen LogP contribution in [0.5, 0.6) is 0 Å². The molecule has 4 nitrogen and oxygen atoms in total. The van der Waals surface area contributed by atoms with E-state index in [2.05, 4.69) is 13.8 Å². The molecule has 0 bridgehead atoms. The molecule has 0 unspecified atom stereocenters. The van der Waals surface area contributed by atoms with Gasteiger partial charge in [0.2, 0.25) is 0 Å². The van der Waals surface area contributed by atoms with E-state index < -0.39 is 0 Å². The third kappa shape index (κ3) is 27.1. The summed E-state index contributed by atoms with van der Waals surface area (Å²) in [6.07, 6.45) is 26.1. The van der Waals surface area contributed by atoms with Gasteiger partial charge in [-0.05, 0) is 25.7 Å². The van der Waals surface area contributed by atoms with Crippen molar-refractivity contribution in [2.45, 2.75) is 162 Å². The van der Waals surface area contributed by atoms with Gasteiger partial charge in [0.1, 0.15) is 0 Å². The molecule has 0 rings (SSSR count). The normalized spacial score (nSPS) is 11.0. The van der Waals surface area contributed by atoms with Gasteiger partial charge in [-0.3, -0.25) is 9.59 Å². The van der Waals surface area contributed by atoms with Gasteiger partial charge in [0.05, 0.1) is 13.2 Å². The average Bonchev–Trinajstić information content (AvgIpc) is 2.81. The van der Waals surface area contributed by atoms with Gasteiger partial charge < -0.3 is 9.47 Å². The van der Waals surface area contributed by atoms with Crippen molar-refractivity contribution in [2.75, 3.05) is 13.2 Å². The van der Waals surface area contributed by atoms with Crippen LogP contribution in [0, 0.1) is 0 Å². The van der Waals surface area contributed by atoms with Gasteiger partial charge in [0.25, 0.3) is 0 Å². The molecule has 0 atom stereocenters. The molecule has 0 aliphatic rings. The van der Waals surface area contributed by atoms with Gasteiger partial charge in [-0.1, -0.05) is 123 Å². The molecule has 0 heterocycles. The van der Waals surface area contributed by atoms with E-state index in [9.17, 15) is 9.59 Å². The van der Waals surface area contributed by atoms with Gasteiger partial charge in [-0.25, -0.2) is 0 Å². The molecule has 0 aromatic carbocycles. The zero-order chi connectivity index (χ0) is 24.2. The SMILES string of the molecule is CCCCCCCCOC(=O)CCCCCCCCCCCC(=O)OCCCCCCCC. The molecule has 0 amide bonds. The lowest BCUT2D eigenvalue weighted by atomic mass is 10.1. The molecule has 0 aromatic heterocycles. The van der Waals surface area contributed by atoms with E-state index in [1.165, 1.54) is 96.3 Å². The third-order valence-corrected chi connectivity index (χ3v) is 6.28. The maximum Gasteiger partial charge on any atom is 0.305 e. The van der Waals surface area contributed by atoms with Crippen LogP contribution in [0.25, 0.3) is 0 Å². The fourth-order valence-corrected chi connectivity index (χ4v) is 4.06. The molecule has 4 heteroatoms. The highest BCUT2D eigenvalue weighted by Gasteiger charge is 2.04. The van der Waals surface area contributed by atoms with Gasteiger partial charge in [0.15, 0.2) is 0 Å². The first-order valence-corrected chi connectivity index (χ1v) is 14.5. The van der Waals surface area contributed by atoms with E-state index in [0.717, 1.165) is 38.5 Å². The fourth-order valence-electron chi connectivity index (χ4n) is 4.06. The van der Waals surface area contributed by atoms with E-state index in [4.69, 9.17) is 9.47 Å². The molecule has 196 valence electrons. The van der Waals surface area contributed by atoms with Crippen molar-refractivity contribution in [3.05, 3.63) is 0 Å². The Hall–Kier alpha value is -1.06. The second-order valence-corrected chi connectivity index (χ2v) is 9.66. The van der Waals surface area contributed by atoms with Crippen LogP contribution in [0.15, 0.2) is 0 Å². The standard InChI is InChI=1S/C29H56O4/c1-3-5-7-9-18-22-26-32-28(30)24-20-16-14-12-11-13-15-17-21-25-29(31)33-27-23-19-10-8-6-4-2/h3-27H2,1-2H3. The lowest BCUT2D eigenvalue weighted by Gasteiger charge is -2.06. The van der Waals surface area contributed by atoms with Gasteiger partial charge in [-0.2, -0.15) is 0 Å². The van der Waals surface area contributed by atoms with E-state index in [-0.39, 0.29) is 11.9 Å². The summed E-state index contributed by atoms with van der Waals surface area (Å²) in [5.41, 5.74) is 0. The Morgan fingerprint density at radius 1 is 0.394 bits per heavy atom. The lowest BCUT2D eigenvalue weighted by Crippen LogP contribution is -2.05. The first-order chi connectivity index (χ1) is 16.2. The minimum Gasteiger partial charge on any atom is -0.466 e. The fraction of sp³-hybridized carbons (Fsp3) is 0.931. The first kappa shape index (κ1) is 31.9. The van der Waals surface area contributed by atoms with Crippen LogP contribution in [0.4, 0.5) is 0 Å². The number of hydrogen-bond donors (Lipinski definition) is 0. The van der Waals surface area contributed by atoms with Gasteiger partial charge in [-0.15, -0.1) is 0 Å². The van der Waals surface area contributed by atoms with Crippen LogP contribution >= 0.6 is 0 Å². The van der Waals surface area contributed by atoms with Crippen LogP contribution in [-0.2, 0) is 19.1 Å². The van der Waals surface area contributed by atoms with E-state index >= 15 is 0 Å². The predicted octanol–water partition coefficient (Wildman–Crippen LogP) is 9.08. The van der Waals surface area contributed by atoms with Crippen LogP contribution in [0.2, 0.25) is 0 Å². The zero-order valence-corrected chi connectivity index (χ0v) is 22.3. The number of unbranched alkanes of at least 4 members (excludes halogenated alkanes) is 18. The molecule has 0 aliphatic heterocycles. The monoisotopic (exact) mass is 468 g/mol. The Morgan fingerprint density at radius 3 is 1.00 bits per heavy atom. The maximum atomic E-state index is 11.7. The minimum atomic E-state index is -0.0194. The minimum absolute atomic E-state index is 0.0194. The Balaban J connectivity index is 3.22. The molecule has 0 N–H and O–H groups in total. The number of rotatable bonds is 26. The summed E-state index contributed by atoms with van der Waals surface area (Å²) >= 11 is 0. The molecule has 0 fully saturated rings. The summed E-state index contributed by atoms with van der Waals surface area (Å²) in [6.45, 7) is 5.65. The molecule has 0 saturated heterocycles. The van der Waals surface area contributed by atoms with Crippen molar-refractivity contribution in [1.29, 1.82) is 0 Å². The average molecular weight is 469 g/mol. The van der Waals surface area contributed by atoms with Crippen LogP contribution in [-0.4, -0.2) is 25.2 Å².